The zero-order chi connectivity index (χ0) is 76.4. The van der Waals surface area contributed by atoms with Crippen LogP contribution in [0, 0.1) is 27.7 Å². The monoisotopic (exact) mass is 1510 g/mol. The number of carbonyl (C=O) groups excluding carboxylic acids is 6. The van der Waals surface area contributed by atoms with Crippen molar-refractivity contribution in [2.45, 2.75) is 185 Å². The summed E-state index contributed by atoms with van der Waals surface area (Å²) in [5, 5.41) is 11.9. The number of hydrogen-bond donors (Lipinski definition) is 4. The first-order chi connectivity index (χ1) is 50.2. The lowest BCUT2D eigenvalue weighted by Crippen LogP contribution is -3.00. The van der Waals surface area contributed by atoms with Crippen molar-refractivity contribution in [2.24, 2.45) is 0 Å². The fourth-order valence-electron chi connectivity index (χ4n) is 12.4. The van der Waals surface area contributed by atoms with Gasteiger partial charge in [0.1, 0.15) is 44.5 Å². The number of hydrogen-bond acceptors (Lipinski definition) is 14. The molecule has 0 atom stereocenters. The zero-order valence-electron chi connectivity index (χ0n) is 64.8. The number of amides is 6. The van der Waals surface area contributed by atoms with E-state index in [1.54, 1.807) is 34.1 Å². The van der Waals surface area contributed by atoms with Gasteiger partial charge in [-0.15, -0.1) is 9.13 Å². The fraction of sp³-hybridized carbons (Fsp3) is 0.381. The molecule has 0 saturated carbocycles. The molecule has 24 heteroatoms. The molecule has 6 aromatic carbocycles. The van der Waals surface area contributed by atoms with Gasteiger partial charge in [0.25, 0.3) is 11.8 Å². The number of halogens is 2. The topological polar surface area (TPSA) is 253 Å². The molecule has 0 unspecified atom stereocenters. The summed E-state index contributed by atoms with van der Waals surface area (Å²) in [4.78, 5) is 104. The summed E-state index contributed by atoms with van der Waals surface area (Å²) < 4.78 is 27.4. The second-order valence-electron chi connectivity index (χ2n) is 30.9. The van der Waals surface area contributed by atoms with Gasteiger partial charge in [-0.1, -0.05) is 62.1 Å². The van der Waals surface area contributed by atoms with E-state index < -0.39 is 46.8 Å². The lowest BCUT2D eigenvalue weighted by Gasteiger charge is -2.28. The van der Waals surface area contributed by atoms with E-state index in [0.29, 0.717) is 97.1 Å². The molecule has 4 aromatic heterocycles. The highest BCUT2D eigenvalue weighted by Gasteiger charge is 2.32. The molecule has 0 aliphatic heterocycles. The van der Waals surface area contributed by atoms with Gasteiger partial charge in [0.05, 0.1) is 45.3 Å². The normalized spacial score (nSPS) is 11.7. The van der Waals surface area contributed by atoms with Crippen LogP contribution < -0.4 is 65.0 Å². The number of nitrogens with zero attached hydrogens (tertiary/aromatic N) is 8. The summed E-state index contributed by atoms with van der Waals surface area (Å²) >= 11 is 0. The number of unbranched alkanes of at least 4 members (excludes halogenated alkanes) is 6. The van der Waals surface area contributed by atoms with Crippen LogP contribution in [0.2, 0.25) is 0 Å². The van der Waals surface area contributed by atoms with Crippen LogP contribution in [0.3, 0.4) is 0 Å². The van der Waals surface area contributed by atoms with Gasteiger partial charge in [0, 0.05) is 87.1 Å². The van der Waals surface area contributed by atoms with Crippen LogP contribution in [-0.4, -0.2) is 105 Å². The van der Waals surface area contributed by atoms with Crippen molar-refractivity contribution in [3.8, 4) is 22.8 Å². The minimum absolute atomic E-state index is 0. The number of aromatic nitrogens is 6. The molecule has 0 bridgehead atoms. The Morgan fingerprint density at radius 1 is 0.389 bits per heavy atom. The Morgan fingerprint density at radius 2 is 0.713 bits per heavy atom. The summed E-state index contributed by atoms with van der Waals surface area (Å²) in [7, 11) is 0. The fourth-order valence-corrected chi connectivity index (χ4v) is 12.4. The van der Waals surface area contributed by atoms with E-state index in [-0.39, 0.29) is 36.6 Å². The molecule has 0 aliphatic carbocycles. The van der Waals surface area contributed by atoms with Gasteiger partial charge in [-0.05, 0) is 207 Å². The molecular formula is C84H100Cl2N12O10. The molecule has 0 saturated heterocycles. The minimum atomic E-state index is -0.754. The molecule has 10 rings (SSSR count). The van der Waals surface area contributed by atoms with E-state index in [4.69, 9.17) is 28.9 Å². The van der Waals surface area contributed by atoms with E-state index in [0.717, 1.165) is 103 Å². The summed E-state index contributed by atoms with van der Waals surface area (Å²) in [6.45, 7) is 31.4. The van der Waals surface area contributed by atoms with Gasteiger partial charge in [0.15, 0.2) is 0 Å². The van der Waals surface area contributed by atoms with E-state index in [1.165, 1.54) is 12.4 Å². The smallest absolute Gasteiger partial charge is 0.414 e. The van der Waals surface area contributed by atoms with Crippen molar-refractivity contribution in [3.05, 3.63) is 179 Å². The third-order valence-corrected chi connectivity index (χ3v) is 17.3. The first kappa shape index (κ1) is 83.1. The predicted octanol–water partition coefficient (Wildman–Crippen LogP) is 11.5. The SMILES string of the molecule is Cc1cc2nc3cc(C)c(N(CCCCCCNC(=O)c4ccc(-c5ccc(C(=O)NCCCCCCN(C(=O)OC(C)(C)C)c6cc7c(cc6C)nc6cc(C)c(NC(=O)OC(C)(C)C)cc6[n+]7-c6ccccc6)cn5)nc4)C(=O)OC(C)(C)C)cc3[n+](-c3ccccc3)c2cc1NC(=O)OC(C)(C)C.[Cl-].[Cl-]. The maximum Gasteiger partial charge on any atom is 0.414 e. The maximum atomic E-state index is 14.2. The standard InChI is InChI=1S/C84H98N12O10.2ClH/c1-53-43-65-71(47-63(53)91-77(99)103-81(5,6)7)95(59-31-23-21-24-32-59)73-49-69(55(3)45-67(73)89-65)93(79(101)105-83(11,12)13)41-29-19-17-27-39-85-75(97)57-35-37-61(87-51-57)62-38-36-58(52-88-62)76(98)86-40-28-18-20-30-42-94(80(102)106-84(14,15)16)70-50-74-68(46-56(70)4)90-66-44-54(2)64(92-78(100)104-82(8,9)10)48-72(66)96(74)60-33-25-22-26-34-60;;/h21-26,31-38,43-52H,17-20,27-30,39-42H2,1-16H3,(H2,85,86,97,98);2*1H. The highest BCUT2D eigenvalue weighted by atomic mass is 35.5. The first-order valence-electron chi connectivity index (χ1n) is 36.4. The van der Waals surface area contributed by atoms with E-state index >= 15 is 0 Å². The lowest BCUT2D eigenvalue weighted by atomic mass is 10.1. The highest BCUT2D eigenvalue weighted by molar-refractivity contribution is 5.98. The average molecular weight is 1510 g/mol. The number of ether oxygens (including phenoxy) is 4. The molecular weight excluding hydrogens is 1410 g/mol. The van der Waals surface area contributed by atoms with Crippen molar-refractivity contribution in [2.75, 3.05) is 46.6 Å². The Morgan fingerprint density at radius 3 is 1.04 bits per heavy atom. The van der Waals surface area contributed by atoms with Gasteiger partial charge in [0.2, 0.25) is 33.4 Å². The molecule has 4 N–H and O–H groups in total. The molecule has 22 nitrogen and oxygen atoms in total. The molecule has 6 amide bonds. The van der Waals surface area contributed by atoms with E-state index in [9.17, 15) is 28.8 Å². The zero-order valence-corrected chi connectivity index (χ0v) is 66.3. The molecule has 0 aliphatic rings. The third-order valence-electron chi connectivity index (χ3n) is 17.3. The van der Waals surface area contributed by atoms with Crippen LogP contribution in [0.1, 0.15) is 177 Å². The van der Waals surface area contributed by atoms with Crippen molar-refractivity contribution >= 4 is 103 Å². The van der Waals surface area contributed by atoms with Crippen molar-refractivity contribution in [1.29, 1.82) is 0 Å². The third kappa shape index (κ3) is 21.8. The van der Waals surface area contributed by atoms with Gasteiger partial charge >= 0.3 is 24.4 Å². The number of benzene rings is 6. The van der Waals surface area contributed by atoms with E-state index in [1.807, 2.05) is 220 Å². The summed E-state index contributed by atoms with van der Waals surface area (Å²) in [5.41, 5.74) is 12.5. The predicted molar refractivity (Wildman–Crippen MR) is 416 cm³/mol. The molecule has 570 valence electrons. The van der Waals surface area contributed by atoms with Crippen LogP contribution in [0.5, 0.6) is 0 Å². The molecule has 108 heavy (non-hydrogen) atoms. The Balaban J connectivity index is 0.00000735. The Kier molecular flexibility index (Phi) is 27.2. The van der Waals surface area contributed by atoms with Gasteiger partial charge in [-0.25, -0.2) is 29.1 Å². The van der Waals surface area contributed by atoms with Crippen LogP contribution in [-0.2, 0) is 18.9 Å². The van der Waals surface area contributed by atoms with Crippen molar-refractivity contribution < 1.29 is 81.7 Å². The first-order valence-corrected chi connectivity index (χ1v) is 36.4. The second-order valence-corrected chi connectivity index (χ2v) is 30.9. The molecule has 0 fully saturated rings. The van der Waals surface area contributed by atoms with Crippen LogP contribution in [0.15, 0.2) is 146 Å². The molecule has 0 radical (unpaired) electrons. The summed E-state index contributed by atoms with van der Waals surface area (Å²) in [5.74, 6) is -0.511. The number of para-hydroxylation sites is 2. The van der Waals surface area contributed by atoms with Crippen LogP contribution >= 0.6 is 0 Å². The van der Waals surface area contributed by atoms with Gasteiger partial charge in [-0.2, -0.15) is 0 Å². The average Bonchev–Trinajstić information content (AvgIpc) is 0.747. The largest absolute Gasteiger partial charge is 1.00 e. The quantitative estimate of drug-likeness (QED) is 0.0201. The molecule has 4 heterocycles. The molecule has 10 aromatic rings. The molecule has 0 spiro atoms. The number of pyridine rings is 2. The Labute approximate surface area is 644 Å². The van der Waals surface area contributed by atoms with E-state index in [2.05, 4.69) is 40.4 Å². The van der Waals surface area contributed by atoms with Crippen molar-refractivity contribution in [3.63, 3.8) is 0 Å². The Bertz CT molecular complexity index is 4600. The van der Waals surface area contributed by atoms with Crippen LogP contribution in [0.25, 0.3) is 66.9 Å². The number of nitrogens with one attached hydrogen (secondary N) is 4. The highest BCUT2D eigenvalue weighted by Crippen LogP contribution is 2.34. The number of anilines is 4. The Hall–Kier alpha value is -10.6. The summed E-state index contributed by atoms with van der Waals surface area (Å²) in [6.07, 6.45) is 6.86. The van der Waals surface area contributed by atoms with Crippen molar-refractivity contribution in [1.82, 2.24) is 30.6 Å². The summed E-state index contributed by atoms with van der Waals surface area (Å²) in [6, 6.07) is 42.3. The number of aryl methyl sites for hydroxylation is 4. The number of carbonyl (C=O) groups is 6. The van der Waals surface area contributed by atoms with Crippen LogP contribution in [0.4, 0.5) is 41.9 Å². The number of fused-ring (bicyclic) bond motifs is 4. The second kappa shape index (κ2) is 35.4. The van der Waals surface area contributed by atoms with Gasteiger partial charge in [-0.3, -0.25) is 40.0 Å². The minimum Gasteiger partial charge on any atom is -1.00 e. The lowest BCUT2D eigenvalue weighted by molar-refractivity contribution is -0.538. The number of rotatable bonds is 23. The maximum absolute atomic E-state index is 14.2. The van der Waals surface area contributed by atoms with Gasteiger partial charge < -0.3 is 54.4 Å².